The molecule has 140 valence electrons. The van der Waals surface area contributed by atoms with E-state index in [4.69, 9.17) is 39.9 Å². The minimum atomic E-state index is -4.36. The molecule has 0 saturated heterocycles. The Hall–Kier alpha value is -1.36. The first-order valence-electron chi connectivity index (χ1n) is 6.57. The highest BCUT2D eigenvalue weighted by Crippen LogP contribution is 2.28. The maximum Gasteiger partial charge on any atom is 0.255 e. The predicted molar refractivity (Wildman–Crippen MR) is 101 cm³/mol. The molecule has 6 nitrogen and oxygen atoms in total. The minimum Gasteiger partial charge on any atom is -0.279 e. The van der Waals surface area contributed by atoms with Crippen LogP contribution in [0.3, 0.4) is 0 Å². The maximum absolute atomic E-state index is 13.6. The van der Waals surface area contributed by atoms with Crippen LogP contribution < -0.4 is 9.86 Å². The molecule has 0 bridgehead atoms. The lowest BCUT2D eigenvalue weighted by atomic mass is 10.2. The van der Waals surface area contributed by atoms with Crippen molar-refractivity contribution in [1.82, 2.24) is 0 Å². The summed E-state index contributed by atoms with van der Waals surface area (Å²) in [5.41, 5.74) is -0.160. The molecule has 0 fully saturated rings. The summed E-state index contributed by atoms with van der Waals surface area (Å²) in [7, 11) is -8.56. The number of benzene rings is 2. The predicted octanol–water partition coefficient (Wildman–Crippen LogP) is 3.85. The van der Waals surface area contributed by atoms with Gasteiger partial charge in [-0.2, -0.15) is 0 Å². The lowest BCUT2D eigenvalue weighted by molar-refractivity contribution is 0.597. The topological polar surface area (TPSA) is 106 Å². The second kappa shape index (κ2) is 7.71. The zero-order valence-electron chi connectivity index (χ0n) is 12.6. The molecule has 0 saturated carbocycles. The molecule has 0 aliphatic carbocycles. The van der Waals surface area contributed by atoms with Gasteiger partial charge >= 0.3 is 0 Å². The van der Waals surface area contributed by atoms with Crippen LogP contribution in [-0.4, -0.2) is 16.8 Å². The summed E-state index contributed by atoms with van der Waals surface area (Å²) in [6, 6.07) is 5.74. The van der Waals surface area contributed by atoms with E-state index in [9.17, 15) is 21.2 Å². The highest BCUT2D eigenvalue weighted by Gasteiger charge is 2.20. The third kappa shape index (κ3) is 5.32. The minimum absolute atomic E-state index is 0.218. The number of nitrogens with one attached hydrogen (secondary N) is 1. The fourth-order valence-corrected chi connectivity index (χ4v) is 3.99. The molecule has 0 aliphatic rings. The van der Waals surface area contributed by atoms with Crippen LogP contribution in [0, 0.1) is 5.82 Å². The van der Waals surface area contributed by atoms with Gasteiger partial charge in [0.2, 0.25) is 10.0 Å². The van der Waals surface area contributed by atoms with Gasteiger partial charge in [0.15, 0.2) is 0 Å². The van der Waals surface area contributed by atoms with Crippen LogP contribution in [0.1, 0.15) is 5.56 Å². The zero-order valence-corrected chi connectivity index (χ0v) is 16.5. The largest absolute Gasteiger partial charge is 0.279 e. The number of primary sulfonamides is 1. The van der Waals surface area contributed by atoms with Crippen molar-refractivity contribution in [2.75, 3.05) is 4.72 Å². The average molecular weight is 460 g/mol. The Kier molecular flexibility index (Phi) is 6.21. The first-order chi connectivity index (χ1) is 11.9. The molecule has 2 aromatic rings. The summed E-state index contributed by atoms with van der Waals surface area (Å²) < 4.78 is 63.0. The molecule has 0 atom stereocenters. The number of hydrogen-bond donors (Lipinski definition) is 2. The molecule has 0 unspecified atom stereocenters. The van der Waals surface area contributed by atoms with Crippen molar-refractivity contribution in [3.8, 4) is 0 Å². The van der Waals surface area contributed by atoms with E-state index in [0.717, 1.165) is 5.41 Å². The molecule has 26 heavy (non-hydrogen) atoms. The van der Waals surface area contributed by atoms with Gasteiger partial charge < -0.3 is 0 Å². The highest BCUT2D eigenvalue weighted by molar-refractivity contribution is 7.95. The van der Waals surface area contributed by atoms with E-state index < -0.39 is 41.5 Å². The summed E-state index contributed by atoms with van der Waals surface area (Å²) >= 11 is 17.1. The van der Waals surface area contributed by atoms with E-state index in [1.807, 2.05) is 4.72 Å². The van der Waals surface area contributed by atoms with Crippen molar-refractivity contribution in [2.24, 2.45) is 5.14 Å². The molecule has 2 rings (SSSR count). The average Bonchev–Trinajstić information content (AvgIpc) is 2.50. The van der Waals surface area contributed by atoms with E-state index in [1.165, 1.54) is 24.3 Å². The van der Waals surface area contributed by atoms with Gasteiger partial charge in [-0.3, -0.25) is 4.72 Å². The second-order valence-electron chi connectivity index (χ2n) is 4.93. The van der Waals surface area contributed by atoms with Gasteiger partial charge in [-0.15, -0.1) is 0 Å². The van der Waals surface area contributed by atoms with Gasteiger partial charge in [-0.05, 0) is 29.8 Å². The smallest absolute Gasteiger partial charge is 0.255 e. The third-order valence-electron chi connectivity index (χ3n) is 2.96. The fourth-order valence-electron chi connectivity index (χ4n) is 1.82. The van der Waals surface area contributed by atoms with Crippen molar-refractivity contribution >= 4 is 66.6 Å². The Labute approximate surface area is 164 Å². The summed E-state index contributed by atoms with van der Waals surface area (Å²) in [6.45, 7) is 0. The molecule has 0 aromatic heterocycles. The van der Waals surface area contributed by atoms with Crippen LogP contribution in [0.4, 0.5) is 10.1 Å². The summed E-state index contributed by atoms with van der Waals surface area (Å²) in [5.74, 6) is -1.02. The lowest BCUT2D eigenvalue weighted by Gasteiger charge is -2.10. The Morgan fingerprint density at radius 1 is 0.962 bits per heavy atom. The summed E-state index contributed by atoms with van der Waals surface area (Å²) in [6.07, 6.45) is 1.19. The van der Waals surface area contributed by atoms with E-state index >= 15 is 0 Å². The SMILES string of the molecule is NS(=O)(=O)c1cc(Cl)c(F)cc1NS(=O)(=O)/C=C/c1ccc(Cl)c(Cl)c1. The third-order valence-corrected chi connectivity index (χ3v) is 5.94. The number of hydrogen-bond acceptors (Lipinski definition) is 4. The lowest BCUT2D eigenvalue weighted by Crippen LogP contribution is -2.17. The normalized spacial score (nSPS) is 12.5. The Balaban J connectivity index is 2.39. The quantitative estimate of drug-likeness (QED) is 0.708. The summed E-state index contributed by atoms with van der Waals surface area (Å²) in [5, 5.41) is 5.73. The molecule has 0 aliphatic heterocycles. The molecule has 3 N–H and O–H groups in total. The van der Waals surface area contributed by atoms with Crippen molar-refractivity contribution in [3.05, 3.63) is 62.2 Å². The Morgan fingerprint density at radius 3 is 2.19 bits per heavy atom. The fraction of sp³-hybridized carbons (Fsp3) is 0. The Bertz CT molecular complexity index is 1100. The van der Waals surface area contributed by atoms with Gasteiger partial charge in [-0.25, -0.2) is 26.4 Å². The number of anilines is 1. The van der Waals surface area contributed by atoms with Gasteiger partial charge in [0.25, 0.3) is 10.0 Å². The van der Waals surface area contributed by atoms with E-state index in [1.54, 1.807) is 0 Å². The number of halogens is 4. The van der Waals surface area contributed by atoms with Crippen LogP contribution in [0.2, 0.25) is 15.1 Å². The van der Waals surface area contributed by atoms with Gasteiger partial charge in [0.1, 0.15) is 10.7 Å². The number of nitrogens with two attached hydrogens (primary N) is 1. The number of sulfonamides is 2. The first-order valence-corrected chi connectivity index (χ1v) is 10.8. The molecule has 0 spiro atoms. The van der Waals surface area contributed by atoms with E-state index in [-0.39, 0.29) is 5.02 Å². The molecular formula is C14H10Cl3FN2O4S2. The standard InChI is InChI=1S/C14H10Cl3FN2O4S2/c15-9-2-1-8(5-10(9)16)3-4-25(21,22)20-13-7-12(18)11(17)6-14(13)26(19,23)24/h1-7,20H,(H2,19,23,24)/b4-3+. The molecular weight excluding hydrogens is 450 g/mol. The number of rotatable bonds is 5. The van der Waals surface area contributed by atoms with Crippen molar-refractivity contribution in [3.63, 3.8) is 0 Å². The first kappa shape index (κ1) is 20.9. The van der Waals surface area contributed by atoms with Gasteiger partial charge in [0, 0.05) is 6.07 Å². The van der Waals surface area contributed by atoms with Crippen molar-refractivity contribution < 1.29 is 21.2 Å². The molecule has 0 radical (unpaired) electrons. The van der Waals surface area contributed by atoms with Gasteiger partial charge in [-0.1, -0.05) is 40.9 Å². The Morgan fingerprint density at radius 2 is 1.62 bits per heavy atom. The zero-order chi connectivity index (χ0) is 19.7. The van der Waals surface area contributed by atoms with E-state index in [2.05, 4.69) is 0 Å². The van der Waals surface area contributed by atoms with E-state index in [0.29, 0.717) is 22.7 Å². The molecule has 0 amide bonds. The van der Waals surface area contributed by atoms with Crippen LogP contribution in [0.25, 0.3) is 6.08 Å². The van der Waals surface area contributed by atoms with Crippen molar-refractivity contribution in [2.45, 2.75) is 4.90 Å². The monoisotopic (exact) mass is 458 g/mol. The maximum atomic E-state index is 13.6. The van der Waals surface area contributed by atoms with Crippen LogP contribution in [0.15, 0.2) is 40.6 Å². The molecule has 0 heterocycles. The van der Waals surface area contributed by atoms with Crippen LogP contribution in [-0.2, 0) is 20.0 Å². The van der Waals surface area contributed by atoms with Gasteiger partial charge in [0.05, 0.1) is 26.2 Å². The van der Waals surface area contributed by atoms with Crippen LogP contribution in [0.5, 0.6) is 0 Å². The highest BCUT2D eigenvalue weighted by atomic mass is 35.5. The van der Waals surface area contributed by atoms with Crippen LogP contribution >= 0.6 is 34.8 Å². The second-order valence-corrected chi connectivity index (χ2v) is 9.25. The molecule has 2 aromatic carbocycles. The van der Waals surface area contributed by atoms with Crippen molar-refractivity contribution in [1.29, 1.82) is 0 Å². The summed E-state index contributed by atoms with van der Waals surface area (Å²) in [4.78, 5) is -0.671. The molecule has 12 heteroatoms.